The van der Waals surface area contributed by atoms with Gasteiger partial charge in [0.05, 0.1) is 14.2 Å². The number of hydrogen-bond donors (Lipinski definition) is 1. The minimum absolute atomic E-state index is 0.0860. The number of carbonyl (C=O) groups excluding carboxylic acids is 2. The summed E-state index contributed by atoms with van der Waals surface area (Å²) in [5, 5.41) is 2.16. The molecule has 0 radical (unpaired) electrons. The lowest BCUT2D eigenvalue weighted by Crippen LogP contribution is -2.57. The van der Waals surface area contributed by atoms with E-state index in [-0.39, 0.29) is 23.7 Å². The number of rotatable bonds is 10. The van der Waals surface area contributed by atoms with Crippen molar-refractivity contribution in [2.75, 3.05) is 21.3 Å². The topological polar surface area (TPSA) is 83.1 Å². The maximum Gasteiger partial charge on any atom is 0.430 e. The predicted octanol–water partition coefficient (Wildman–Crippen LogP) is 4.71. The van der Waals surface area contributed by atoms with Crippen LogP contribution in [0.15, 0.2) is 78.9 Å². The van der Waals surface area contributed by atoms with E-state index in [1.54, 1.807) is 6.07 Å². The summed E-state index contributed by atoms with van der Waals surface area (Å²) in [5.74, 6) is -2.09. The number of ether oxygens (including phenoxy) is 4. The number of hydrogen-bond acceptors (Lipinski definition) is 6. The van der Waals surface area contributed by atoms with Crippen LogP contribution in [0.2, 0.25) is 0 Å². The molecule has 196 valence electrons. The molecule has 0 unspecified atom stereocenters. The molecule has 2 atom stereocenters. The second kappa shape index (κ2) is 11.8. The number of methoxy groups -OCH3 is 3. The van der Waals surface area contributed by atoms with Gasteiger partial charge in [-0.2, -0.15) is 13.2 Å². The van der Waals surface area contributed by atoms with Gasteiger partial charge in [-0.15, -0.1) is 0 Å². The van der Waals surface area contributed by atoms with Gasteiger partial charge in [0.2, 0.25) is 0 Å². The SMILES string of the molecule is COC(=O)[C@@H](NC(=O)[C@@](OC)(c1ccccc1)C(F)(F)F)c1cc(OC)cc(OCc2ccccc2)c1. The minimum atomic E-state index is -5.16. The highest BCUT2D eigenvalue weighted by atomic mass is 19.4. The summed E-state index contributed by atoms with van der Waals surface area (Å²) >= 11 is 0. The first-order valence-corrected chi connectivity index (χ1v) is 11.1. The van der Waals surface area contributed by atoms with E-state index in [1.807, 2.05) is 30.3 Å². The van der Waals surface area contributed by atoms with Crippen molar-refractivity contribution in [1.82, 2.24) is 5.32 Å². The zero-order valence-corrected chi connectivity index (χ0v) is 20.4. The van der Waals surface area contributed by atoms with Gasteiger partial charge >= 0.3 is 12.1 Å². The summed E-state index contributed by atoms with van der Waals surface area (Å²) in [6, 6.07) is 18.4. The summed E-state index contributed by atoms with van der Waals surface area (Å²) in [6.07, 6.45) is -5.16. The van der Waals surface area contributed by atoms with E-state index in [9.17, 15) is 22.8 Å². The van der Waals surface area contributed by atoms with Crippen LogP contribution in [0.4, 0.5) is 13.2 Å². The highest BCUT2D eigenvalue weighted by molar-refractivity contribution is 5.92. The summed E-state index contributed by atoms with van der Waals surface area (Å²) in [6.45, 7) is 0.178. The van der Waals surface area contributed by atoms with Crippen LogP contribution in [0.3, 0.4) is 0 Å². The zero-order chi connectivity index (χ0) is 27.1. The van der Waals surface area contributed by atoms with Crippen molar-refractivity contribution in [3.63, 3.8) is 0 Å². The van der Waals surface area contributed by atoms with Crippen LogP contribution in [0.5, 0.6) is 11.5 Å². The van der Waals surface area contributed by atoms with Crippen LogP contribution in [0.25, 0.3) is 0 Å². The summed E-state index contributed by atoms with van der Waals surface area (Å²) in [5.41, 5.74) is -2.89. The lowest BCUT2D eigenvalue weighted by Gasteiger charge is -2.34. The number of benzene rings is 3. The van der Waals surface area contributed by atoms with Crippen LogP contribution in [0, 0.1) is 0 Å². The largest absolute Gasteiger partial charge is 0.497 e. The molecule has 3 aromatic carbocycles. The standard InChI is InChI=1S/C27H26F3NO6/c1-34-21-14-19(15-22(16-21)37-17-18-10-6-4-7-11-18)23(24(32)35-2)31-25(33)26(36-3,27(28,29)30)20-12-8-5-9-13-20/h4-16,23H,17H2,1-3H3,(H,31,33)/t23-,26-/m0/s1. The first-order valence-electron chi connectivity index (χ1n) is 11.1. The second-order valence-electron chi connectivity index (χ2n) is 7.89. The Morgan fingerprint density at radius 1 is 0.865 bits per heavy atom. The van der Waals surface area contributed by atoms with Crippen molar-refractivity contribution in [2.45, 2.75) is 24.4 Å². The molecular weight excluding hydrogens is 491 g/mol. The molecule has 0 aliphatic heterocycles. The van der Waals surface area contributed by atoms with Gasteiger partial charge in [0.1, 0.15) is 18.1 Å². The van der Waals surface area contributed by atoms with Gasteiger partial charge in [0.25, 0.3) is 11.5 Å². The molecule has 1 amide bonds. The van der Waals surface area contributed by atoms with Gasteiger partial charge in [0.15, 0.2) is 6.04 Å². The fourth-order valence-corrected chi connectivity index (χ4v) is 3.75. The second-order valence-corrected chi connectivity index (χ2v) is 7.89. The molecule has 0 aromatic heterocycles. The molecule has 0 fully saturated rings. The minimum Gasteiger partial charge on any atom is -0.497 e. The third-order valence-corrected chi connectivity index (χ3v) is 5.64. The van der Waals surface area contributed by atoms with E-state index >= 15 is 0 Å². The van der Waals surface area contributed by atoms with E-state index < -0.39 is 35.3 Å². The van der Waals surface area contributed by atoms with Crippen molar-refractivity contribution < 1.29 is 41.7 Å². The molecule has 0 aliphatic carbocycles. The lowest BCUT2D eigenvalue weighted by atomic mass is 9.91. The van der Waals surface area contributed by atoms with E-state index in [0.717, 1.165) is 31.9 Å². The molecule has 0 bridgehead atoms. The first kappa shape index (κ1) is 27.5. The van der Waals surface area contributed by atoms with E-state index in [0.29, 0.717) is 0 Å². The Kier molecular flexibility index (Phi) is 8.77. The highest BCUT2D eigenvalue weighted by Crippen LogP contribution is 2.42. The van der Waals surface area contributed by atoms with Gasteiger partial charge in [-0.1, -0.05) is 60.7 Å². The average molecular weight is 518 g/mol. The summed E-state index contributed by atoms with van der Waals surface area (Å²) in [7, 11) is 3.20. The molecular formula is C27H26F3NO6. The third kappa shape index (κ3) is 6.03. The van der Waals surface area contributed by atoms with E-state index in [2.05, 4.69) is 5.32 Å². The molecule has 0 heterocycles. The summed E-state index contributed by atoms with van der Waals surface area (Å²) < 4.78 is 63.7. The van der Waals surface area contributed by atoms with Crippen LogP contribution < -0.4 is 14.8 Å². The van der Waals surface area contributed by atoms with Crippen LogP contribution in [0.1, 0.15) is 22.7 Å². The van der Waals surface area contributed by atoms with E-state index in [4.69, 9.17) is 18.9 Å². The quantitative estimate of drug-likeness (QED) is 0.393. The van der Waals surface area contributed by atoms with Gasteiger partial charge in [-0.05, 0) is 23.3 Å². The Morgan fingerprint density at radius 3 is 2.00 bits per heavy atom. The van der Waals surface area contributed by atoms with Crippen molar-refractivity contribution in [3.8, 4) is 11.5 Å². The van der Waals surface area contributed by atoms with Gasteiger partial charge in [0, 0.05) is 18.7 Å². The Bertz CT molecular complexity index is 1200. The molecule has 0 saturated carbocycles. The monoisotopic (exact) mass is 517 g/mol. The normalized spacial score (nSPS) is 13.7. The molecule has 37 heavy (non-hydrogen) atoms. The molecule has 0 spiro atoms. The number of esters is 1. The fourth-order valence-electron chi connectivity index (χ4n) is 3.75. The fraction of sp³-hybridized carbons (Fsp3) is 0.259. The zero-order valence-electron chi connectivity index (χ0n) is 20.4. The van der Waals surface area contributed by atoms with Crippen molar-refractivity contribution in [2.24, 2.45) is 0 Å². The van der Waals surface area contributed by atoms with Crippen molar-refractivity contribution >= 4 is 11.9 Å². The molecule has 0 aliphatic rings. The van der Waals surface area contributed by atoms with Crippen LogP contribution >= 0.6 is 0 Å². The maximum atomic E-state index is 14.3. The van der Waals surface area contributed by atoms with Crippen LogP contribution in [-0.4, -0.2) is 39.4 Å². The van der Waals surface area contributed by atoms with Crippen LogP contribution in [-0.2, 0) is 31.3 Å². The predicted molar refractivity (Wildman–Crippen MR) is 128 cm³/mol. The Morgan fingerprint density at radius 2 is 1.46 bits per heavy atom. The van der Waals surface area contributed by atoms with E-state index in [1.165, 1.54) is 37.4 Å². The first-order chi connectivity index (χ1) is 17.7. The van der Waals surface area contributed by atoms with Gasteiger partial charge < -0.3 is 24.3 Å². The Balaban J connectivity index is 2.00. The van der Waals surface area contributed by atoms with Crippen molar-refractivity contribution in [1.29, 1.82) is 0 Å². The average Bonchev–Trinajstić information content (AvgIpc) is 2.91. The molecule has 0 saturated heterocycles. The molecule has 1 N–H and O–H groups in total. The Hall–Kier alpha value is -4.05. The maximum absolute atomic E-state index is 14.3. The lowest BCUT2D eigenvalue weighted by molar-refractivity contribution is -0.266. The van der Waals surface area contributed by atoms with Crippen molar-refractivity contribution in [3.05, 3.63) is 95.6 Å². The number of nitrogens with one attached hydrogen (secondary N) is 1. The molecule has 3 aromatic rings. The smallest absolute Gasteiger partial charge is 0.430 e. The number of halogens is 3. The number of amides is 1. The van der Waals surface area contributed by atoms with Gasteiger partial charge in [-0.3, -0.25) is 4.79 Å². The highest BCUT2D eigenvalue weighted by Gasteiger charge is 2.63. The molecule has 3 rings (SSSR count). The molecule has 10 heteroatoms. The van der Waals surface area contributed by atoms with Gasteiger partial charge in [-0.25, -0.2) is 4.79 Å². The molecule has 7 nitrogen and oxygen atoms in total. The summed E-state index contributed by atoms with van der Waals surface area (Å²) in [4.78, 5) is 26.0. The Labute approximate surface area is 212 Å². The number of alkyl halides is 3. The number of carbonyl (C=O) groups is 2. The third-order valence-electron chi connectivity index (χ3n) is 5.64.